The standard InChI is InChI=1S/C11H25N/c1-5-7-8-11(3,4)10-12-9-6-2/h12H,5-10H2,1-4H3. The van der Waals surface area contributed by atoms with Crippen molar-refractivity contribution in [2.75, 3.05) is 13.1 Å². The van der Waals surface area contributed by atoms with Crippen molar-refractivity contribution in [2.24, 2.45) is 5.41 Å². The van der Waals surface area contributed by atoms with Crippen molar-refractivity contribution < 1.29 is 0 Å². The molecule has 0 rings (SSSR count). The van der Waals surface area contributed by atoms with E-state index in [0.29, 0.717) is 5.41 Å². The Morgan fingerprint density at radius 1 is 1.08 bits per heavy atom. The van der Waals surface area contributed by atoms with Crippen LogP contribution in [0.5, 0.6) is 0 Å². The Kier molecular flexibility index (Phi) is 6.45. The average Bonchev–Trinajstić information content (AvgIpc) is 2.01. The van der Waals surface area contributed by atoms with E-state index in [4.69, 9.17) is 0 Å². The van der Waals surface area contributed by atoms with Crippen molar-refractivity contribution in [3.8, 4) is 0 Å². The molecule has 0 saturated heterocycles. The fraction of sp³-hybridized carbons (Fsp3) is 1.00. The molecule has 12 heavy (non-hydrogen) atoms. The highest BCUT2D eigenvalue weighted by atomic mass is 14.9. The Labute approximate surface area is 77.9 Å². The molecular weight excluding hydrogens is 146 g/mol. The molecule has 0 spiro atoms. The Bertz CT molecular complexity index is 97.2. The molecule has 1 N–H and O–H groups in total. The molecule has 0 atom stereocenters. The van der Waals surface area contributed by atoms with Gasteiger partial charge in [-0.1, -0.05) is 40.5 Å². The van der Waals surface area contributed by atoms with Gasteiger partial charge in [-0.05, 0) is 24.8 Å². The van der Waals surface area contributed by atoms with E-state index in [1.807, 2.05) is 0 Å². The lowest BCUT2D eigenvalue weighted by Crippen LogP contribution is -2.29. The fourth-order valence-electron chi connectivity index (χ4n) is 1.35. The van der Waals surface area contributed by atoms with Gasteiger partial charge in [-0.3, -0.25) is 0 Å². The minimum atomic E-state index is 0.491. The van der Waals surface area contributed by atoms with Crippen LogP contribution in [0, 0.1) is 5.41 Å². The molecule has 74 valence electrons. The second-order valence-electron chi connectivity index (χ2n) is 4.44. The molecule has 0 aromatic carbocycles. The van der Waals surface area contributed by atoms with E-state index < -0.39 is 0 Å². The zero-order valence-electron chi connectivity index (χ0n) is 9.24. The van der Waals surface area contributed by atoms with Gasteiger partial charge in [-0.15, -0.1) is 0 Å². The van der Waals surface area contributed by atoms with Crippen LogP contribution in [0.25, 0.3) is 0 Å². The highest BCUT2D eigenvalue weighted by molar-refractivity contribution is 4.70. The smallest absolute Gasteiger partial charge is 0.000251 e. The Morgan fingerprint density at radius 3 is 2.25 bits per heavy atom. The first-order chi connectivity index (χ1) is 5.62. The molecule has 0 heterocycles. The van der Waals surface area contributed by atoms with Crippen LogP contribution >= 0.6 is 0 Å². The molecule has 0 unspecified atom stereocenters. The first kappa shape index (κ1) is 12.0. The third kappa shape index (κ3) is 6.66. The van der Waals surface area contributed by atoms with Crippen molar-refractivity contribution >= 4 is 0 Å². The van der Waals surface area contributed by atoms with Crippen molar-refractivity contribution in [1.82, 2.24) is 5.32 Å². The van der Waals surface area contributed by atoms with Gasteiger partial charge in [-0.25, -0.2) is 0 Å². The second kappa shape index (κ2) is 6.47. The predicted molar refractivity (Wildman–Crippen MR) is 56.5 cm³/mol. The van der Waals surface area contributed by atoms with E-state index in [1.54, 1.807) is 0 Å². The van der Waals surface area contributed by atoms with Crippen LogP contribution in [0.15, 0.2) is 0 Å². The van der Waals surface area contributed by atoms with Gasteiger partial charge in [0.25, 0.3) is 0 Å². The molecule has 1 heteroatoms. The molecule has 0 aromatic rings. The van der Waals surface area contributed by atoms with E-state index in [1.165, 1.54) is 32.2 Å². The SMILES string of the molecule is CCCCC(C)(C)CNCCC. The lowest BCUT2D eigenvalue weighted by molar-refractivity contribution is 0.305. The molecule has 1 nitrogen and oxygen atoms in total. The quantitative estimate of drug-likeness (QED) is 0.580. The minimum absolute atomic E-state index is 0.491. The first-order valence-electron chi connectivity index (χ1n) is 5.33. The van der Waals surface area contributed by atoms with Crippen LogP contribution in [0.4, 0.5) is 0 Å². The Morgan fingerprint density at radius 2 is 1.75 bits per heavy atom. The van der Waals surface area contributed by atoms with E-state index >= 15 is 0 Å². The topological polar surface area (TPSA) is 12.0 Å². The van der Waals surface area contributed by atoms with Gasteiger partial charge in [0.2, 0.25) is 0 Å². The summed E-state index contributed by atoms with van der Waals surface area (Å²) in [7, 11) is 0. The Balaban J connectivity index is 3.42. The monoisotopic (exact) mass is 171 g/mol. The minimum Gasteiger partial charge on any atom is -0.316 e. The summed E-state index contributed by atoms with van der Waals surface area (Å²) < 4.78 is 0. The highest BCUT2D eigenvalue weighted by Crippen LogP contribution is 2.21. The molecule has 0 bridgehead atoms. The van der Waals surface area contributed by atoms with Crippen LogP contribution in [-0.4, -0.2) is 13.1 Å². The van der Waals surface area contributed by atoms with E-state index in [9.17, 15) is 0 Å². The van der Waals surface area contributed by atoms with E-state index in [-0.39, 0.29) is 0 Å². The molecule has 0 aliphatic heterocycles. The molecule has 0 amide bonds. The summed E-state index contributed by atoms with van der Waals surface area (Å²) in [4.78, 5) is 0. The normalized spacial score (nSPS) is 12.0. The lowest BCUT2D eigenvalue weighted by Gasteiger charge is -2.24. The summed E-state index contributed by atoms with van der Waals surface area (Å²) in [5.74, 6) is 0. The summed E-state index contributed by atoms with van der Waals surface area (Å²) in [5, 5.41) is 3.48. The summed E-state index contributed by atoms with van der Waals surface area (Å²) in [6.45, 7) is 11.5. The zero-order valence-corrected chi connectivity index (χ0v) is 9.24. The van der Waals surface area contributed by atoms with Gasteiger partial charge in [0, 0.05) is 6.54 Å². The third-order valence-electron chi connectivity index (χ3n) is 2.24. The van der Waals surface area contributed by atoms with Gasteiger partial charge in [-0.2, -0.15) is 0 Å². The number of hydrogen-bond donors (Lipinski definition) is 1. The average molecular weight is 171 g/mol. The Hall–Kier alpha value is -0.0400. The zero-order chi connectivity index (χ0) is 9.45. The molecule has 0 aliphatic rings. The summed E-state index contributed by atoms with van der Waals surface area (Å²) in [5.41, 5.74) is 0.491. The third-order valence-corrected chi connectivity index (χ3v) is 2.24. The molecule has 0 aliphatic carbocycles. The lowest BCUT2D eigenvalue weighted by atomic mass is 9.87. The summed E-state index contributed by atoms with van der Waals surface area (Å²) in [6.07, 6.45) is 5.27. The maximum atomic E-state index is 3.48. The van der Waals surface area contributed by atoms with Gasteiger partial charge in [0.05, 0.1) is 0 Å². The molecule has 0 radical (unpaired) electrons. The van der Waals surface area contributed by atoms with Crippen molar-refractivity contribution in [3.63, 3.8) is 0 Å². The van der Waals surface area contributed by atoms with E-state index in [0.717, 1.165) is 6.54 Å². The largest absolute Gasteiger partial charge is 0.316 e. The van der Waals surface area contributed by atoms with Crippen molar-refractivity contribution in [1.29, 1.82) is 0 Å². The fourth-order valence-corrected chi connectivity index (χ4v) is 1.35. The van der Waals surface area contributed by atoms with Crippen LogP contribution < -0.4 is 5.32 Å². The van der Waals surface area contributed by atoms with Crippen molar-refractivity contribution in [2.45, 2.75) is 53.4 Å². The predicted octanol–water partition coefficient (Wildman–Crippen LogP) is 3.20. The highest BCUT2D eigenvalue weighted by Gasteiger charge is 2.15. The molecule has 0 saturated carbocycles. The molecule has 0 fully saturated rings. The number of rotatable bonds is 7. The number of nitrogens with one attached hydrogen (secondary N) is 1. The van der Waals surface area contributed by atoms with Crippen LogP contribution in [0.3, 0.4) is 0 Å². The van der Waals surface area contributed by atoms with Gasteiger partial charge < -0.3 is 5.32 Å². The van der Waals surface area contributed by atoms with Crippen LogP contribution in [0.1, 0.15) is 53.4 Å². The maximum Gasteiger partial charge on any atom is 0.000251 e. The summed E-state index contributed by atoms with van der Waals surface area (Å²) in [6, 6.07) is 0. The first-order valence-corrected chi connectivity index (χ1v) is 5.33. The van der Waals surface area contributed by atoms with Crippen LogP contribution in [-0.2, 0) is 0 Å². The number of hydrogen-bond acceptors (Lipinski definition) is 1. The summed E-state index contributed by atoms with van der Waals surface area (Å²) >= 11 is 0. The van der Waals surface area contributed by atoms with Gasteiger partial charge in [0.1, 0.15) is 0 Å². The van der Waals surface area contributed by atoms with E-state index in [2.05, 4.69) is 33.0 Å². The van der Waals surface area contributed by atoms with Gasteiger partial charge in [0.15, 0.2) is 0 Å². The van der Waals surface area contributed by atoms with Crippen LogP contribution in [0.2, 0.25) is 0 Å². The second-order valence-corrected chi connectivity index (χ2v) is 4.44. The number of unbranched alkanes of at least 4 members (excludes halogenated alkanes) is 1. The molecule has 0 aromatic heterocycles. The molecular formula is C11H25N. The van der Waals surface area contributed by atoms with Gasteiger partial charge >= 0.3 is 0 Å². The maximum absolute atomic E-state index is 3.48. The van der Waals surface area contributed by atoms with Crippen molar-refractivity contribution in [3.05, 3.63) is 0 Å².